The van der Waals surface area contributed by atoms with Crippen LogP contribution < -0.4 is 5.73 Å². The Morgan fingerprint density at radius 3 is 2.50 bits per heavy atom. The van der Waals surface area contributed by atoms with Gasteiger partial charge in [0.1, 0.15) is 5.82 Å². The second kappa shape index (κ2) is 5.09. The Morgan fingerprint density at radius 1 is 1.42 bits per heavy atom. The first-order valence-corrected chi connectivity index (χ1v) is 3.36. The standard InChI is InChI=1S/C8H10FNO.ClH/c9-7-4-2-1-3-6(7)8(10)5-11;/h1-4,8,11H,5,10H2;1H/t8-;/m1./s1. The van der Waals surface area contributed by atoms with Crippen LogP contribution in [0.25, 0.3) is 0 Å². The molecule has 0 heterocycles. The number of aliphatic hydroxyl groups excluding tert-OH is 1. The fourth-order valence-corrected chi connectivity index (χ4v) is 0.874. The lowest BCUT2D eigenvalue weighted by molar-refractivity contribution is 0.265. The number of hydrogen-bond acceptors (Lipinski definition) is 2. The van der Waals surface area contributed by atoms with Crippen LogP contribution >= 0.6 is 12.4 Å². The van der Waals surface area contributed by atoms with Crippen molar-refractivity contribution in [3.8, 4) is 0 Å². The highest BCUT2D eigenvalue weighted by Gasteiger charge is 2.07. The predicted octanol–water partition coefficient (Wildman–Crippen LogP) is 1.24. The smallest absolute Gasteiger partial charge is 0.128 e. The number of nitrogens with two attached hydrogens (primary N) is 1. The number of halogens is 2. The van der Waals surface area contributed by atoms with Crippen molar-refractivity contribution in [2.75, 3.05) is 6.61 Å². The molecule has 0 bridgehead atoms. The molecule has 1 aromatic rings. The lowest BCUT2D eigenvalue weighted by Crippen LogP contribution is -2.15. The lowest BCUT2D eigenvalue weighted by Gasteiger charge is -2.08. The molecule has 0 unspecified atom stereocenters. The first kappa shape index (κ1) is 11.4. The van der Waals surface area contributed by atoms with E-state index in [4.69, 9.17) is 10.8 Å². The molecule has 0 aromatic heterocycles. The Labute approximate surface area is 76.6 Å². The molecule has 0 aliphatic carbocycles. The molecule has 68 valence electrons. The van der Waals surface area contributed by atoms with Crippen LogP contribution in [0.15, 0.2) is 24.3 Å². The molecule has 12 heavy (non-hydrogen) atoms. The van der Waals surface area contributed by atoms with E-state index >= 15 is 0 Å². The van der Waals surface area contributed by atoms with Gasteiger partial charge in [-0.1, -0.05) is 18.2 Å². The predicted molar refractivity (Wildman–Crippen MR) is 47.7 cm³/mol. The Kier molecular flexibility index (Phi) is 4.81. The molecular formula is C8H11ClFNO. The molecule has 0 aliphatic rings. The van der Waals surface area contributed by atoms with Gasteiger partial charge < -0.3 is 10.8 Å². The van der Waals surface area contributed by atoms with Crippen molar-refractivity contribution in [3.05, 3.63) is 35.6 Å². The van der Waals surface area contributed by atoms with Crippen molar-refractivity contribution in [3.63, 3.8) is 0 Å². The minimum absolute atomic E-state index is 0. The van der Waals surface area contributed by atoms with Crippen molar-refractivity contribution >= 4 is 12.4 Å². The van der Waals surface area contributed by atoms with Gasteiger partial charge in [-0.25, -0.2) is 4.39 Å². The normalized spacial score (nSPS) is 11.9. The summed E-state index contributed by atoms with van der Waals surface area (Å²) in [7, 11) is 0. The van der Waals surface area contributed by atoms with E-state index in [9.17, 15) is 4.39 Å². The summed E-state index contributed by atoms with van der Waals surface area (Å²) in [6.07, 6.45) is 0. The fourth-order valence-electron chi connectivity index (χ4n) is 0.874. The highest BCUT2D eigenvalue weighted by Crippen LogP contribution is 2.12. The molecule has 0 aliphatic heterocycles. The zero-order chi connectivity index (χ0) is 8.27. The van der Waals surface area contributed by atoms with E-state index in [1.54, 1.807) is 18.2 Å². The molecule has 3 N–H and O–H groups in total. The van der Waals surface area contributed by atoms with Gasteiger partial charge in [-0.3, -0.25) is 0 Å². The van der Waals surface area contributed by atoms with E-state index in [2.05, 4.69) is 0 Å². The van der Waals surface area contributed by atoms with Gasteiger partial charge in [0, 0.05) is 5.56 Å². The molecule has 2 nitrogen and oxygen atoms in total. The van der Waals surface area contributed by atoms with Gasteiger partial charge in [0.05, 0.1) is 12.6 Å². The fraction of sp³-hybridized carbons (Fsp3) is 0.250. The molecule has 1 aromatic carbocycles. The Balaban J connectivity index is 0.00000121. The number of rotatable bonds is 2. The molecule has 0 saturated carbocycles. The summed E-state index contributed by atoms with van der Waals surface area (Å²) in [5.41, 5.74) is 5.76. The van der Waals surface area contributed by atoms with Crippen molar-refractivity contribution in [1.29, 1.82) is 0 Å². The Morgan fingerprint density at radius 2 is 2.00 bits per heavy atom. The van der Waals surface area contributed by atoms with E-state index < -0.39 is 6.04 Å². The van der Waals surface area contributed by atoms with E-state index in [1.807, 2.05) is 0 Å². The second-order valence-electron chi connectivity index (χ2n) is 2.31. The SMILES string of the molecule is Cl.N[C@H](CO)c1ccccc1F. The third kappa shape index (κ3) is 2.44. The van der Waals surface area contributed by atoms with Gasteiger partial charge >= 0.3 is 0 Å². The molecular weight excluding hydrogens is 181 g/mol. The van der Waals surface area contributed by atoms with E-state index in [-0.39, 0.29) is 24.8 Å². The Bertz CT molecular complexity index is 244. The molecule has 0 fully saturated rings. The van der Waals surface area contributed by atoms with Crippen LogP contribution in [0.3, 0.4) is 0 Å². The average Bonchev–Trinajstić information content (AvgIpc) is 2.04. The van der Waals surface area contributed by atoms with Gasteiger partial charge in [-0.15, -0.1) is 12.4 Å². The summed E-state index contributed by atoms with van der Waals surface area (Å²) in [4.78, 5) is 0. The third-order valence-corrected chi connectivity index (χ3v) is 1.50. The van der Waals surface area contributed by atoms with Crippen LogP contribution in [0, 0.1) is 5.82 Å². The number of aliphatic hydroxyl groups is 1. The minimum Gasteiger partial charge on any atom is -0.394 e. The summed E-state index contributed by atoms with van der Waals surface area (Å²) < 4.78 is 12.8. The molecule has 0 saturated heterocycles. The monoisotopic (exact) mass is 191 g/mol. The van der Waals surface area contributed by atoms with E-state index in [0.717, 1.165) is 0 Å². The third-order valence-electron chi connectivity index (χ3n) is 1.50. The van der Waals surface area contributed by atoms with Gasteiger partial charge in [0.25, 0.3) is 0 Å². The minimum atomic E-state index is -0.615. The maximum Gasteiger partial charge on any atom is 0.128 e. The van der Waals surface area contributed by atoms with Crippen LogP contribution in [0.1, 0.15) is 11.6 Å². The zero-order valence-corrected chi connectivity index (χ0v) is 7.22. The maximum atomic E-state index is 12.8. The number of benzene rings is 1. The summed E-state index contributed by atoms with van der Waals surface area (Å²) in [6.45, 7) is -0.235. The van der Waals surface area contributed by atoms with E-state index in [1.165, 1.54) is 6.07 Å². The lowest BCUT2D eigenvalue weighted by atomic mass is 10.1. The second-order valence-corrected chi connectivity index (χ2v) is 2.31. The van der Waals surface area contributed by atoms with Crippen LogP contribution in [0.2, 0.25) is 0 Å². The van der Waals surface area contributed by atoms with Crippen molar-refractivity contribution in [1.82, 2.24) is 0 Å². The zero-order valence-electron chi connectivity index (χ0n) is 6.40. The molecule has 1 atom stereocenters. The summed E-state index contributed by atoms with van der Waals surface area (Å²) >= 11 is 0. The van der Waals surface area contributed by atoms with E-state index in [0.29, 0.717) is 5.56 Å². The molecule has 0 spiro atoms. The van der Waals surface area contributed by atoms with Gasteiger partial charge in [0.2, 0.25) is 0 Å². The summed E-state index contributed by atoms with van der Waals surface area (Å²) in [5, 5.41) is 8.62. The molecule has 4 heteroatoms. The largest absolute Gasteiger partial charge is 0.394 e. The first-order chi connectivity index (χ1) is 5.25. The Hall–Kier alpha value is -0.640. The summed E-state index contributed by atoms with van der Waals surface area (Å²) in [5.74, 6) is -0.367. The first-order valence-electron chi connectivity index (χ1n) is 3.36. The van der Waals surface area contributed by atoms with Gasteiger partial charge in [-0.2, -0.15) is 0 Å². The topological polar surface area (TPSA) is 46.2 Å². The maximum absolute atomic E-state index is 12.8. The van der Waals surface area contributed by atoms with Gasteiger partial charge in [0.15, 0.2) is 0 Å². The molecule has 0 radical (unpaired) electrons. The van der Waals surface area contributed by atoms with Crippen molar-refractivity contribution < 1.29 is 9.50 Å². The average molecular weight is 192 g/mol. The summed E-state index contributed by atoms with van der Waals surface area (Å²) in [6, 6.07) is 5.55. The van der Waals surface area contributed by atoms with Crippen LogP contribution in [-0.2, 0) is 0 Å². The van der Waals surface area contributed by atoms with Crippen LogP contribution in [0.4, 0.5) is 4.39 Å². The molecule has 0 amide bonds. The molecule has 1 rings (SSSR count). The highest BCUT2D eigenvalue weighted by atomic mass is 35.5. The number of hydrogen-bond donors (Lipinski definition) is 2. The quantitative estimate of drug-likeness (QED) is 0.739. The van der Waals surface area contributed by atoms with Crippen LogP contribution in [0.5, 0.6) is 0 Å². The van der Waals surface area contributed by atoms with Crippen molar-refractivity contribution in [2.45, 2.75) is 6.04 Å². The highest BCUT2D eigenvalue weighted by molar-refractivity contribution is 5.85. The van der Waals surface area contributed by atoms with Crippen molar-refractivity contribution in [2.24, 2.45) is 5.73 Å². The van der Waals surface area contributed by atoms with Crippen LogP contribution in [-0.4, -0.2) is 11.7 Å². The van der Waals surface area contributed by atoms with Gasteiger partial charge in [-0.05, 0) is 6.07 Å².